The molecule has 1 atom stereocenters. The Morgan fingerprint density at radius 1 is 1.20 bits per heavy atom. The number of rotatable bonds is 6. The lowest BCUT2D eigenvalue weighted by molar-refractivity contribution is -0.120. The van der Waals surface area contributed by atoms with Gasteiger partial charge >= 0.3 is 0 Å². The highest BCUT2D eigenvalue weighted by atomic mass is 32.2. The maximum atomic E-state index is 11.5. The third-order valence-electron chi connectivity index (χ3n) is 2.44. The minimum Gasteiger partial charge on any atom is -0.321 e. The van der Waals surface area contributed by atoms with Crippen molar-refractivity contribution in [3.05, 3.63) is 0 Å². The molecule has 4 nitrogen and oxygen atoms in total. The van der Waals surface area contributed by atoms with Crippen molar-refractivity contribution in [1.29, 1.82) is 0 Å². The van der Waals surface area contributed by atoms with Crippen LogP contribution in [0.4, 0.5) is 0 Å². The topological polar surface area (TPSA) is 77.2 Å². The van der Waals surface area contributed by atoms with Gasteiger partial charge in [0.05, 0.1) is 17.0 Å². The Morgan fingerprint density at radius 3 is 2.00 bits per heavy atom. The first kappa shape index (κ1) is 14.6. The van der Waals surface area contributed by atoms with E-state index < -0.39 is 21.1 Å². The molecule has 90 valence electrons. The number of Topliss-reactive ketones (excluding diaryl/α,β-unsaturated/α-hetero) is 1. The van der Waals surface area contributed by atoms with E-state index in [1.54, 1.807) is 13.8 Å². The van der Waals surface area contributed by atoms with Crippen LogP contribution >= 0.6 is 0 Å². The lowest BCUT2D eigenvalue weighted by Gasteiger charge is -2.14. The predicted molar refractivity (Wildman–Crippen MR) is 61.4 cm³/mol. The molecule has 0 aromatic rings. The summed E-state index contributed by atoms with van der Waals surface area (Å²) < 4.78 is 22.9. The first-order valence-corrected chi connectivity index (χ1v) is 6.90. The standard InChI is InChI=1S/C10H21NO3S/c1-7(2)10(11)9(12)5-6-15(13,14)8(3)4/h7-8,10H,5-6,11H2,1-4H3. The summed E-state index contributed by atoms with van der Waals surface area (Å²) in [6.07, 6.45) is 0.0276. The number of carbonyl (C=O) groups excluding carboxylic acids is 1. The first-order valence-electron chi connectivity index (χ1n) is 5.18. The molecule has 15 heavy (non-hydrogen) atoms. The lowest BCUT2D eigenvalue weighted by atomic mass is 10.00. The van der Waals surface area contributed by atoms with Gasteiger partial charge in [-0.2, -0.15) is 0 Å². The lowest BCUT2D eigenvalue weighted by Crippen LogP contribution is -2.36. The van der Waals surface area contributed by atoms with Crippen LogP contribution in [0.1, 0.15) is 34.1 Å². The fourth-order valence-electron chi connectivity index (χ4n) is 1.02. The number of ketones is 1. The smallest absolute Gasteiger partial charge is 0.153 e. The molecular formula is C10H21NO3S. The molecule has 0 spiro atoms. The van der Waals surface area contributed by atoms with Crippen LogP contribution in [0.15, 0.2) is 0 Å². The maximum absolute atomic E-state index is 11.5. The molecule has 0 radical (unpaired) electrons. The van der Waals surface area contributed by atoms with Gasteiger partial charge in [-0.3, -0.25) is 4.79 Å². The second-order valence-corrected chi connectivity index (χ2v) is 7.08. The summed E-state index contributed by atoms with van der Waals surface area (Å²) >= 11 is 0. The normalized spacial score (nSPS) is 14.6. The summed E-state index contributed by atoms with van der Waals surface area (Å²) in [5.74, 6) is -0.210. The van der Waals surface area contributed by atoms with Crippen molar-refractivity contribution in [3.63, 3.8) is 0 Å². The number of carbonyl (C=O) groups is 1. The van der Waals surface area contributed by atoms with E-state index in [1.807, 2.05) is 13.8 Å². The zero-order chi connectivity index (χ0) is 12.2. The summed E-state index contributed by atoms with van der Waals surface area (Å²) in [6, 6.07) is -0.549. The van der Waals surface area contributed by atoms with Crippen molar-refractivity contribution in [2.75, 3.05) is 5.75 Å². The monoisotopic (exact) mass is 235 g/mol. The molecule has 5 heteroatoms. The van der Waals surface area contributed by atoms with E-state index in [1.165, 1.54) is 0 Å². The summed E-state index contributed by atoms with van der Waals surface area (Å²) in [6.45, 7) is 6.92. The Bertz CT molecular complexity index is 307. The fraction of sp³-hybridized carbons (Fsp3) is 0.900. The Hall–Kier alpha value is -0.420. The van der Waals surface area contributed by atoms with Crippen LogP contribution < -0.4 is 5.73 Å². The van der Waals surface area contributed by atoms with Crippen LogP contribution in [0.3, 0.4) is 0 Å². The zero-order valence-electron chi connectivity index (χ0n) is 9.86. The zero-order valence-corrected chi connectivity index (χ0v) is 10.7. The molecule has 1 unspecified atom stereocenters. The average Bonchev–Trinajstić information content (AvgIpc) is 2.12. The summed E-state index contributed by atoms with van der Waals surface area (Å²) in [4.78, 5) is 11.5. The van der Waals surface area contributed by atoms with Gasteiger partial charge in [0.1, 0.15) is 0 Å². The first-order chi connectivity index (χ1) is 6.68. The highest BCUT2D eigenvalue weighted by Gasteiger charge is 2.22. The van der Waals surface area contributed by atoms with E-state index in [2.05, 4.69) is 0 Å². The molecule has 0 aliphatic carbocycles. The second-order valence-electron chi connectivity index (χ2n) is 4.40. The molecule has 0 bridgehead atoms. The second kappa shape index (κ2) is 5.61. The van der Waals surface area contributed by atoms with Crippen molar-refractivity contribution < 1.29 is 13.2 Å². The highest BCUT2D eigenvalue weighted by molar-refractivity contribution is 7.91. The van der Waals surface area contributed by atoms with E-state index in [4.69, 9.17) is 5.73 Å². The van der Waals surface area contributed by atoms with Gasteiger partial charge in [0.15, 0.2) is 15.6 Å². The van der Waals surface area contributed by atoms with Gasteiger partial charge in [0.2, 0.25) is 0 Å². The van der Waals surface area contributed by atoms with Crippen LogP contribution in [0, 0.1) is 5.92 Å². The minimum absolute atomic E-state index is 0.0276. The molecule has 0 rings (SSSR count). The van der Waals surface area contributed by atoms with Gasteiger partial charge in [-0.25, -0.2) is 8.42 Å². The molecule has 0 heterocycles. The summed E-state index contributed by atoms with van der Waals surface area (Å²) in [7, 11) is -3.13. The quantitative estimate of drug-likeness (QED) is 0.737. The summed E-state index contributed by atoms with van der Waals surface area (Å²) in [5.41, 5.74) is 5.62. The van der Waals surface area contributed by atoms with Gasteiger partial charge in [-0.15, -0.1) is 0 Å². The van der Waals surface area contributed by atoms with Crippen LogP contribution in [0.5, 0.6) is 0 Å². The molecule has 0 saturated carbocycles. The Kier molecular flexibility index (Phi) is 5.45. The largest absolute Gasteiger partial charge is 0.321 e. The molecular weight excluding hydrogens is 214 g/mol. The van der Waals surface area contributed by atoms with E-state index in [0.29, 0.717) is 0 Å². The van der Waals surface area contributed by atoms with Gasteiger partial charge in [0.25, 0.3) is 0 Å². The summed E-state index contributed by atoms with van der Waals surface area (Å²) in [5, 5.41) is -0.430. The molecule has 0 aliphatic rings. The van der Waals surface area contributed by atoms with E-state index >= 15 is 0 Å². The van der Waals surface area contributed by atoms with Crippen LogP contribution in [0.25, 0.3) is 0 Å². The number of nitrogens with two attached hydrogens (primary N) is 1. The van der Waals surface area contributed by atoms with Crippen molar-refractivity contribution >= 4 is 15.6 Å². The SMILES string of the molecule is CC(C)C(N)C(=O)CCS(=O)(=O)C(C)C. The van der Waals surface area contributed by atoms with Crippen molar-refractivity contribution in [2.24, 2.45) is 11.7 Å². The van der Waals surface area contributed by atoms with Crippen molar-refractivity contribution in [3.8, 4) is 0 Å². The third-order valence-corrected chi connectivity index (χ3v) is 4.65. The molecule has 0 amide bonds. The molecule has 0 aliphatic heterocycles. The minimum atomic E-state index is -3.13. The number of hydrogen-bond acceptors (Lipinski definition) is 4. The van der Waals surface area contributed by atoms with Crippen molar-refractivity contribution in [2.45, 2.75) is 45.4 Å². The van der Waals surface area contributed by atoms with Gasteiger partial charge in [-0.1, -0.05) is 13.8 Å². The van der Waals surface area contributed by atoms with Crippen LogP contribution in [-0.2, 0) is 14.6 Å². The van der Waals surface area contributed by atoms with Crippen LogP contribution in [-0.4, -0.2) is 31.2 Å². The molecule has 0 saturated heterocycles. The predicted octanol–water partition coefficient (Wildman–Crippen LogP) is 0.752. The van der Waals surface area contributed by atoms with E-state index in [0.717, 1.165) is 0 Å². The third kappa shape index (κ3) is 4.75. The molecule has 0 fully saturated rings. The van der Waals surface area contributed by atoms with Gasteiger partial charge in [-0.05, 0) is 19.8 Å². The number of hydrogen-bond donors (Lipinski definition) is 1. The highest BCUT2D eigenvalue weighted by Crippen LogP contribution is 2.07. The molecule has 0 aromatic heterocycles. The van der Waals surface area contributed by atoms with E-state index in [9.17, 15) is 13.2 Å². The molecule has 0 aromatic carbocycles. The van der Waals surface area contributed by atoms with E-state index in [-0.39, 0.29) is 23.9 Å². The van der Waals surface area contributed by atoms with Gasteiger partial charge in [0, 0.05) is 6.42 Å². The maximum Gasteiger partial charge on any atom is 0.153 e. The number of sulfone groups is 1. The Labute approximate surface area is 92.2 Å². The Morgan fingerprint density at radius 2 is 1.67 bits per heavy atom. The van der Waals surface area contributed by atoms with Crippen molar-refractivity contribution in [1.82, 2.24) is 0 Å². The Balaban J connectivity index is 4.25. The van der Waals surface area contributed by atoms with Gasteiger partial charge < -0.3 is 5.73 Å². The van der Waals surface area contributed by atoms with Crippen LogP contribution in [0.2, 0.25) is 0 Å². The molecule has 2 N–H and O–H groups in total. The average molecular weight is 235 g/mol. The fourth-order valence-corrected chi connectivity index (χ4v) is 1.97.